The first-order valence-corrected chi connectivity index (χ1v) is 8.04. The Morgan fingerprint density at radius 1 is 1.25 bits per heavy atom. The van der Waals surface area contributed by atoms with Gasteiger partial charge in [-0.1, -0.05) is 12.1 Å². The quantitative estimate of drug-likeness (QED) is 0.815. The lowest BCUT2D eigenvalue weighted by Gasteiger charge is -2.27. The van der Waals surface area contributed by atoms with Crippen LogP contribution < -0.4 is 5.73 Å². The number of anilines is 1. The smallest absolute Gasteiger partial charge is 0.245 e. The molecule has 0 aliphatic carbocycles. The van der Waals surface area contributed by atoms with E-state index >= 15 is 0 Å². The third-order valence-corrected chi connectivity index (χ3v) is 5.55. The molecule has 0 heterocycles. The summed E-state index contributed by atoms with van der Waals surface area (Å²) >= 11 is 0. The molecule has 114 valence electrons. The highest BCUT2D eigenvalue weighted by Crippen LogP contribution is 2.29. The zero-order valence-electron chi connectivity index (χ0n) is 12.8. The van der Waals surface area contributed by atoms with Gasteiger partial charge in [-0.05, 0) is 38.8 Å². The molecule has 0 spiro atoms. The molecule has 20 heavy (non-hydrogen) atoms. The Bertz CT molecular complexity index is 568. The van der Waals surface area contributed by atoms with E-state index in [2.05, 4.69) is 0 Å². The molecule has 1 aromatic carbocycles. The average Bonchev–Trinajstić information content (AvgIpc) is 2.34. The van der Waals surface area contributed by atoms with Gasteiger partial charge in [-0.3, -0.25) is 0 Å². The Balaban J connectivity index is 3.37. The fourth-order valence-electron chi connectivity index (χ4n) is 2.10. The van der Waals surface area contributed by atoms with Crippen LogP contribution in [0.15, 0.2) is 17.0 Å². The van der Waals surface area contributed by atoms with Crippen molar-refractivity contribution >= 4 is 15.7 Å². The van der Waals surface area contributed by atoms with Gasteiger partial charge in [-0.25, -0.2) is 8.42 Å². The number of rotatable bonds is 6. The molecule has 2 N–H and O–H groups in total. The second-order valence-electron chi connectivity index (χ2n) is 5.14. The number of aryl methyl sites for hydroxylation is 2. The minimum absolute atomic E-state index is 0.158. The van der Waals surface area contributed by atoms with Crippen molar-refractivity contribution in [2.75, 3.05) is 26.0 Å². The van der Waals surface area contributed by atoms with Crippen LogP contribution in [0.4, 0.5) is 5.69 Å². The number of hydrogen-bond donors (Lipinski definition) is 1. The molecule has 0 atom stereocenters. The van der Waals surface area contributed by atoms with E-state index < -0.39 is 10.0 Å². The van der Waals surface area contributed by atoms with Crippen molar-refractivity contribution < 1.29 is 13.2 Å². The second kappa shape index (κ2) is 6.56. The third kappa shape index (κ3) is 3.31. The number of nitrogens with two attached hydrogens (primary N) is 1. The van der Waals surface area contributed by atoms with Crippen molar-refractivity contribution in [3.05, 3.63) is 23.3 Å². The maximum Gasteiger partial charge on any atom is 0.245 e. The van der Waals surface area contributed by atoms with Crippen LogP contribution in [-0.2, 0) is 14.8 Å². The molecule has 6 heteroatoms. The maximum atomic E-state index is 12.9. The summed E-state index contributed by atoms with van der Waals surface area (Å²) in [5.74, 6) is 0. The van der Waals surface area contributed by atoms with Gasteiger partial charge in [0, 0.05) is 19.7 Å². The van der Waals surface area contributed by atoms with Crippen molar-refractivity contribution in [1.82, 2.24) is 4.31 Å². The summed E-state index contributed by atoms with van der Waals surface area (Å²) in [5, 5.41) is 0. The Kier molecular flexibility index (Phi) is 5.56. The van der Waals surface area contributed by atoms with Crippen molar-refractivity contribution in [2.45, 2.75) is 38.6 Å². The molecule has 1 rings (SSSR count). The highest BCUT2D eigenvalue weighted by molar-refractivity contribution is 7.89. The Morgan fingerprint density at radius 2 is 1.80 bits per heavy atom. The zero-order chi connectivity index (χ0) is 15.5. The molecule has 1 aromatic rings. The Morgan fingerprint density at radius 3 is 2.30 bits per heavy atom. The van der Waals surface area contributed by atoms with Gasteiger partial charge in [-0.2, -0.15) is 4.31 Å². The number of sulfonamides is 1. The molecule has 0 radical (unpaired) electrons. The lowest BCUT2D eigenvalue weighted by molar-refractivity contribution is 0.171. The number of hydrogen-bond acceptors (Lipinski definition) is 4. The highest BCUT2D eigenvalue weighted by Gasteiger charge is 2.30. The van der Waals surface area contributed by atoms with Crippen molar-refractivity contribution in [1.29, 1.82) is 0 Å². The number of methoxy groups -OCH3 is 1. The molecule has 0 aliphatic rings. The average molecular weight is 300 g/mol. The molecular weight excluding hydrogens is 276 g/mol. The molecule has 5 nitrogen and oxygen atoms in total. The minimum Gasteiger partial charge on any atom is -0.397 e. The van der Waals surface area contributed by atoms with Crippen LogP contribution in [0.2, 0.25) is 0 Å². The first-order valence-electron chi connectivity index (χ1n) is 6.60. The van der Waals surface area contributed by atoms with Gasteiger partial charge < -0.3 is 10.5 Å². The molecule has 0 saturated carbocycles. The molecule has 0 unspecified atom stereocenters. The first kappa shape index (κ1) is 16.9. The summed E-state index contributed by atoms with van der Waals surface area (Å²) in [6.45, 7) is 7.91. The first-order chi connectivity index (χ1) is 9.23. The topological polar surface area (TPSA) is 72.6 Å². The third-order valence-electron chi connectivity index (χ3n) is 3.27. The van der Waals surface area contributed by atoms with Crippen molar-refractivity contribution in [3.8, 4) is 0 Å². The molecule has 0 bridgehead atoms. The standard InChI is InChI=1S/C14H24N2O3S/c1-10(2)16(8-9-19-5)20(17,18)14-12(4)7-6-11(3)13(14)15/h6-7,10H,8-9,15H2,1-5H3. The fourth-order valence-corrected chi connectivity index (χ4v) is 4.12. The van der Waals surface area contributed by atoms with E-state index in [9.17, 15) is 8.42 Å². The van der Waals surface area contributed by atoms with Gasteiger partial charge >= 0.3 is 0 Å². The SMILES string of the molecule is COCCN(C(C)C)S(=O)(=O)c1c(C)ccc(C)c1N. The van der Waals surface area contributed by atoms with Crippen LogP contribution >= 0.6 is 0 Å². The van der Waals surface area contributed by atoms with E-state index in [0.717, 1.165) is 5.56 Å². The fraction of sp³-hybridized carbons (Fsp3) is 0.571. The van der Waals surface area contributed by atoms with Gasteiger partial charge in [0.05, 0.1) is 12.3 Å². The number of nitrogen functional groups attached to an aromatic ring is 1. The molecule has 0 aromatic heterocycles. The van der Waals surface area contributed by atoms with E-state index in [1.807, 2.05) is 26.8 Å². The van der Waals surface area contributed by atoms with E-state index in [1.165, 1.54) is 4.31 Å². The van der Waals surface area contributed by atoms with Crippen LogP contribution in [0.25, 0.3) is 0 Å². The lowest BCUT2D eigenvalue weighted by atomic mass is 10.1. The molecule has 0 aliphatic heterocycles. The number of ether oxygens (including phenoxy) is 1. The van der Waals surface area contributed by atoms with Gasteiger partial charge in [0.2, 0.25) is 10.0 Å². The molecule has 0 fully saturated rings. The second-order valence-corrected chi connectivity index (χ2v) is 6.97. The van der Waals surface area contributed by atoms with Crippen LogP contribution in [-0.4, -0.2) is 39.0 Å². The summed E-state index contributed by atoms with van der Waals surface area (Å²) in [5.41, 5.74) is 7.76. The summed E-state index contributed by atoms with van der Waals surface area (Å²) < 4.78 is 32.2. The van der Waals surface area contributed by atoms with Crippen LogP contribution in [0.1, 0.15) is 25.0 Å². The van der Waals surface area contributed by atoms with E-state index in [0.29, 0.717) is 24.4 Å². The summed E-state index contributed by atoms with van der Waals surface area (Å²) in [4.78, 5) is 0.210. The van der Waals surface area contributed by atoms with Crippen LogP contribution in [0.5, 0.6) is 0 Å². The largest absolute Gasteiger partial charge is 0.397 e. The van der Waals surface area contributed by atoms with Gasteiger partial charge in [0.25, 0.3) is 0 Å². The predicted octanol–water partition coefficient (Wildman–Crippen LogP) is 1.93. The highest BCUT2D eigenvalue weighted by atomic mass is 32.2. The molecule has 0 saturated heterocycles. The van der Waals surface area contributed by atoms with E-state index in [4.69, 9.17) is 10.5 Å². The van der Waals surface area contributed by atoms with E-state index in [1.54, 1.807) is 20.1 Å². The van der Waals surface area contributed by atoms with Crippen molar-refractivity contribution in [2.24, 2.45) is 0 Å². The number of benzene rings is 1. The predicted molar refractivity (Wildman–Crippen MR) is 81.2 cm³/mol. The van der Waals surface area contributed by atoms with Gasteiger partial charge in [0.1, 0.15) is 4.90 Å². The van der Waals surface area contributed by atoms with Gasteiger partial charge in [-0.15, -0.1) is 0 Å². The van der Waals surface area contributed by atoms with Gasteiger partial charge in [0.15, 0.2) is 0 Å². The monoisotopic (exact) mass is 300 g/mol. The molecule has 0 amide bonds. The lowest BCUT2D eigenvalue weighted by Crippen LogP contribution is -2.39. The summed E-state index contributed by atoms with van der Waals surface area (Å²) in [6, 6.07) is 3.46. The Hall–Kier alpha value is -1.11. The normalized spacial score (nSPS) is 12.3. The van der Waals surface area contributed by atoms with Crippen LogP contribution in [0, 0.1) is 13.8 Å². The molecular formula is C14H24N2O3S. The van der Waals surface area contributed by atoms with Crippen molar-refractivity contribution in [3.63, 3.8) is 0 Å². The summed E-state index contributed by atoms with van der Waals surface area (Å²) in [6.07, 6.45) is 0. The van der Waals surface area contributed by atoms with Crippen LogP contribution in [0.3, 0.4) is 0 Å². The minimum atomic E-state index is -3.63. The summed E-state index contributed by atoms with van der Waals surface area (Å²) in [7, 11) is -2.08. The maximum absolute atomic E-state index is 12.9. The zero-order valence-corrected chi connectivity index (χ0v) is 13.6. The van der Waals surface area contributed by atoms with E-state index in [-0.39, 0.29) is 10.9 Å². The Labute approximate surface area is 121 Å². The number of nitrogens with zero attached hydrogens (tertiary/aromatic N) is 1.